The summed E-state index contributed by atoms with van der Waals surface area (Å²) in [5.74, 6) is -1.35. The number of hydrogen-bond acceptors (Lipinski definition) is 5. The molecule has 0 saturated heterocycles. The van der Waals surface area contributed by atoms with Crippen LogP contribution in [0.5, 0.6) is 0 Å². The molecule has 7 heteroatoms. The highest BCUT2D eigenvalue weighted by atomic mass is 16.5. The molecule has 0 aliphatic rings. The maximum Gasteiger partial charge on any atom is 0.338 e. The number of rotatable bonds is 7. The van der Waals surface area contributed by atoms with Crippen molar-refractivity contribution >= 4 is 29.2 Å². The van der Waals surface area contributed by atoms with E-state index in [0.29, 0.717) is 5.69 Å². The summed E-state index contributed by atoms with van der Waals surface area (Å²) in [5.41, 5.74) is 4.13. The number of furan rings is 1. The summed E-state index contributed by atoms with van der Waals surface area (Å²) in [4.78, 5) is 36.9. The molecule has 0 aliphatic heterocycles. The van der Waals surface area contributed by atoms with Crippen LogP contribution in [0, 0.1) is 13.8 Å². The Hall–Kier alpha value is -3.87. The number of aryl methyl sites for hydroxylation is 3. The Balaban J connectivity index is 1.63. The number of esters is 1. The summed E-state index contributed by atoms with van der Waals surface area (Å²) < 4.78 is 10.2. The zero-order chi connectivity index (χ0) is 22.4. The summed E-state index contributed by atoms with van der Waals surface area (Å²) in [7, 11) is 0. The van der Waals surface area contributed by atoms with Gasteiger partial charge in [-0.3, -0.25) is 9.59 Å². The Morgan fingerprint density at radius 2 is 1.77 bits per heavy atom. The summed E-state index contributed by atoms with van der Waals surface area (Å²) in [6.45, 7) is 5.29. The third-order valence-electron chi connectivity index (χ3n) is 4.81. The smallest absolute Gasteiger partial charge is 0.338 e. The van der Waals surface area contributed by atoms with Crippen molar-refractivity contribution in [1.29, 1.82) is 0 Å². The first kappa shape index (κ1) is 21.8. The third-order valence-corrected chi connectivity index (χ3v) is 4.81. The second-order valence-corrected chi connectivity index (χ2v) is 7.05. The van der Waals surface area contributed by atoms with Crippen LogP contribution >= 0.6 is 0 Å². The van der Waals surface area contributed by atoms with Crippen molar-refractivity contribution in [2.24, 2.45) is 0 Å². The lowest BCUT2D eigenvalue weighted by Gasteiger charge is -2.13. The first-order valence-electron chi connectivity index (χ1n) is 9.90. The summed E-state index contributed by atoms with van der Waals surface area (Å²) in [6, 6.07) is 13.7. The van der Waals surface area contributed by atoms with Crippen LogP contribution in [-0.4, -0.2) is 24.4 Å². The van der Waals surface area contributed by atoms with Gasteiger partial charge in [0.15, 0.2) is 12.4 Å². The highest BCUT2D eigenvalue weighted by molar-refractivity contribution is 6.03. The number of amides is 2. The number of anilines is 2. The molecule has 0 unspecified atom stereocenters. The number of carbonyl (C=O) groups is 3. The first-order valence-corrected chi connectivity index (χ1v) is 9.90. The van der Waals surface area contributed by atoms with Crippen molar-refractivity contribution < 1.29 is 23.5 Å². The number of ether oxygens (including phenoxy) is 1. The molecule has 7 nitrogen and oxygen atoms in total. The van der Waals surface area contributed by atoms with E-state index in [1.807, 2.05) is 32.0 Å². The van der Waals surface area contributed by atoms with Crippen LogP contribution in [0.2, 0.25) is 0 Å². The van der Waals surface area contributed by atoms with E-state index in [-0.39, 0.29) is 11.3 Å². The van der Waals surface area contributed by atoms with Gasteiger partial charge in [-0.15, -0.1) is 0 Å². The van der Waals surface area contributed by atoms with Crippen molar-refractivity contribution in [3.05, 3.63) is 82.8 Å². The van der Waals surface area contributed by atoms with Gasteiger partial charge in [-0.05, 0) is 61.2 Å². The normalized spacial score (nSPS) is 10.4. The summed E-state index contributed by atoms with van der Waals surface area (Å²) in [5, 5.41) is 5.52. The van der Waals surface area contributed by atoms with E-state index >= 15 is 0 Å². The monoisotopic (exact) mass is 420 g/mol. The molecule has 0 fully saturated rings. The van der Waals surface area contributed by atoms with Gasteiger partial charge in [-0.2, -0.15) is 0 Å². The molecular weight excluding hydrogens is 396 g/mol. The van der Waals surface area contributed by atoms with Gasteiger partial charge in [0.2, 0.25) is 0 Å². The van der Waals surface area contributed by atoms with E-state index in [2.05, 4.69) is 10.6 Å². The fourth-order valence-corrected chi connectivity index (χ4v) is 3.07. The molecule has 1 heterocycles. The van der Waals surface area contributed by atoms with Gasteiger partial charge in [0, 0.05) is 11.4 Å². The lowest BCUT2D eigenvalue weighted by Crippen LogP contribution is -2.22. The minimum absolute atomic E-state index is 0.159. The van der Waals surface area contributed by atoms with Crippen LogP contribution in [0.25, 0.3) is 0 Å². The van der Waals surface area contributed by atoms with Gasteiger partial charge in [0.05, 0.1) is 11.8 Å². The minimum Gasteiger partial charge on any atom is -0.459 e. The van der Waals surface area contributed by atoms with Gasteiger partial charge in [0.1, 0.15) is 0 Å². The predicted octanol–water partition coefficient (Wildman–Crippen LogP) is 4.51. The zero-order valence-corrected chi connectivity index (χ0v) is 17.7. The Bertz CT molecular complexity index is 1100. The molecular formula is C24H24N2O5. The van der Waals surface area contributed by atoms with Crippen molar-refractivity contribution in [2.45, 2.75) is 27.2 Å². The van der Waals surface area contributed by atoms with Gasteiger partial charge in [-0.25, -0.2) is 4.79 Å². The van der Waals surface area contributed by atoms with E-state index in [4.69, 9.17) is 9.15 Å². The van der Waals surface area contributed by atoms with Crippen LogP contribution in [-0.2, 0) is 16.0 Å². The summed E-state index contributed by atoms with van der Waals surface area (Å²) >= 11 is 0. The van der Waals surface area contributed by atoms with Gasteiger partial charge in [0.25, 0.3) is 11.8 Å². The molecule has 0 atom stereocenters. The maximum absolute atomic E-state index is 12.4. The Labute approximate surface area is 180 Å². The Kier molecular flexibility index (Phi) is 6.87. The molecule has 2 amide bonds. The molecule has 0 saturated carbocycles. The minimum atomic E-state index is -0.663. The highest BCUT2D eigenvalue weighted by Crippen LogP contribution is 2.21. The van der Waals surface area contributed by atoms with Gasteiger partial charge >= 0.3 is 5.97 Å². The van der Waals surface area contributed by atoms with Gasteiger partial charge in [-0.1, -0.05) is 31.2 Å². The average Bonchev–Trinajstić information content (AvgIpc) is 3.30. The molecule has 2 aromatic carbocycles. The topological polar surface area (TPSA) is 97.6 Å². The molecule has 31 heavy (non-hydrogen) atoms. The van der Waals surface area contributed by atoms with Crippen LogP contribution in [0.3, 0.4) is 0 Å². The number of nitrogens with one attached hydrogen (secondary N) is 2. The molecule has 1 aromatic heterocycles. The molecule has 0 bridgehead atoms. The van der Waals surface area contributed by atoms with Crippen LogP contribution in [0.4, 0.5) is 11.4 Å². The largest absolute Gasteiger partial charge is 0.459 e. The van der Waals surface area contributed by atoms with Crippen molar-refractivity contribution in [3.8, 4) is 0 Å². The Morgan fingerprint density at radius 3 is 2.48 bits per heavy atom. The molecule has 0 spiro atoms. The number of para-hydroxylation sites is 1. The second-order valence-electron chi connectivity index (χ2n) is 7.05. The van der Waals surface area contributed by atoms with Gasteiger partial charge < -0.3 is 19.8 Å². The predicted molar refractivity (Wildman–Crippen MR) is 117 cm³/mol. The second kappa shape index (κ2) is 9.75. The maximum atomic E-state index is 12.4. The molecule has 3 rings (SSSR count). The van der Waals surface area contributed by atoms with E-state index < -0.39 is 24.4 Å². The molecule has 2 N–H and O–H groups in total. The first-order chi connectivity index (χ1) is 14.9. The van der Waals surface area contributed by atoms with Crippen molar-refractivity contribution in [1.82, 2.24) is 0 Å². The molecule has 0 radical (unpaired) electrons. The standard InChI is InChI=1S/C24H24N2O5/c1-4-17-8-5-7-16(3)22(17)26-21(27)14-31-24(29)18-11-10-15(2)19(13-18)25-23(28)20-9-6-12-30-20/h5-13H,4,14H2,1-3H3,(H,25,28)(H,26,27). The molecule has 0 aliphatic carbocycles. The lowest BCUT2D eigenvalue weighted by molar-refractivity contribution is -0.119. The average molecular weight is 420 g/mol. The van der Waals surface area contributed by atoms with E-state index in [1.54, 1.807) is 31.2 Å². The number of carbonyl (C=O) groups excluding carboxylic acids is 3. The van der Waals surface area contributed by atoms with Crippen molar-refractivity contribution in [3.63, 3.8) is 0 Å². The zero-order valence-electron chi connectivity index (χ0n) is 17.7. The highest BCUT2D eigenvalue weighted by Gasteiger charge is 2.16. The fourth-order valence-electron chi connectivity index (χ4n) is 3.07. The van der Waals surface area contributed by atoms with Crippen LogP contribution in [0.1, 0.15) is 44.5 Å². The SMILES string of the molecule is CCc1cccc(C)c1NC(=O)COC(=O)c1ccc(C)c(NC(=O)c2ccco2)c1. The van der Waals surface area contributed by atoms with Crippen molar-refractivity contribution in [2.75, 3.05) is 17.2 Å². The Morgan fingerprint density at radius 1 is 0.968 bits per heavy atom. The summed E-state index contributed by atoms with van der Waals surface area (Å²) in [6.07, 6.45) is 2.17. The molecule has 160 valence electrons. The molecule has 3 aromatic rings. The third kappa shape index (κ3) is 5.39. The van der Waals surface area contributed by atoms with E-state index in [9.17, 15) is 14.4 Å². The van der Waals surface area contributed by atoms with E-state index in [0.717, 1.165) is 28.8 Å². The number of hydrogen-bond donors (Lipinski definition) is 2. The number of benzene rings is 2. The quantitative estimate of drug-likeness (QED) is 0.548. The fraction of sp³-hybridized carbons (Fsp3) is 0.208. The lowest BCUT2D eigenvalue weighted by atomic mass is 10.1. The van der Waals surface area contributed by atoms with E-state index in [1.165, 1.54) is 12.3 Å². The van der Waals surface area contributed by atoms with Crippen LogP contribution in [0.15, 0.2) is 59.2 Å². The van der Waals surface area contributed by atoms with Crippen LogP contribution < -0.4 is 10.6 Å².